The predicted molar refractivity (Wildman–Crippen MR) is 72.2 cm³/mol. The second kappa shape index (κ2) is 8.84. The van der Waals surface area contributed by atoms with Crippen LogP contribution in [0.5, 0.6) is 0 Å². The van der Waals surface area contributed by atoms with Crippen LogP contribution in [0, 0.1) is 24.7 Å². The zero-order valence-electron chi connectivity index (χ0n) is 11.9. The smallest absolute Gasteiger partial charge is 0.341 e. The van der Waals surface area contributed by atoms with Gasteiger partial charge in [0, 0.05) is 0 Å². The first-order chi connectivity index (χ1) is 7.58. The molecule has 0 fully saturated rings. The molecule has 0 aliphatic rings. The van der Waals surface area contributed by atoms with Gasteiger partial charge in [-0.3, -0.25) is 0 Å². The molecule has 1 heteroatoms. The molecule has 0 saturated heterocycles. The van der Waals surface area contributed by atoms with Gasteiger partial charge in [0.1, 0.15) is 0 Å². The van der Waals surface area contributed by atoms with E-state index < -0.39 is 0 Å². The van der Waals surface area contributed by atoms with Crippen molar-refractivity contribution in [3.05, 3.63) is 42.8 Å². The molecule has 1 rings (SSSR count). The van der Waals surface area contributed by atoms with Crippen LogP contribution in [0.25, 0.3) is 0 Å². The number of hydrogen-bond acceptors (Lipinski definition) is 0. The van der Waals surface area contributed by atoms with Crippen LogP contribution in [0.15, 0.2) is 30.3 Å². The molecule has 1 aromatic carbocycles. The minimum atomic E-state index is 0. The van der Waals surface area contributed by atoms with Crippen LogP contribution in [0.3, 0.4) is 0 Å². The average molecular weight is 224 g/mol. The number of hydrogen-bond donors (Lipinski definition) is 0. The summed E-state index contributed by atoms with van der Waals surface area (Å²) in [5.41, 5.74) is 1.46. The second-order valence-corrected chi connectivity index (χ2v) is 5.48. The van der Waals surface area contributed by atoms with Crippen LogP contribution >= 0.6 is 0 Å². The molecule has 0 aliphatic heterocycles. The summed E-state index contributed by atoms with van der Waals surface area (Å²) in [5, 5.41) is 0. The Morgan fingerprint density at radius 1 is 0.941 bits per heavy atom. The molecular weight excluding hydrogens is 199 g/mol. The first-order valence-corrected chi connectivity index (χ1v) is 6.45. The van der Waals surface area contributed by atoms with Crippen molar-refractivity contribution < 1.29 is 18.9 Å². The zero-order chi connectivity index (χ0) is 12.0. The van der Waals surface area contributed by atoms with Crippen LogP contribution in [0.2, 0.25) is 0 Å². The molecule has 0 spiro atoms. The van der Waals surface area contributed by atoms with Gasteiger partial charge in [0.15, 0.2) is 0 Å². The minimum absolute atomic E-state index is 0. The molecule has 3 atom stereocenters. The van der Waals surface area contributed by atoms with Gasteiger partial charge in [-0.05, 0) is 30.2 Å². The van der Waals surface area contributed by atoms with E-state index in [9.17, 15) is 0 Å². The quantitative estimate of drug-likeness (QED) is 0.510. The maximum atomic E-state index is 4.07. The van der Waals surface area contributed by atoms with Crippen molar-refractivity contribution in [3.8, 4) is 0 Å². The Labute approximate surface area is 119 Å². The third-order valence-electron chi connectivity index (χ3n) is 3.04. The maximum Gasteiger partial charge on any atom is 1.00 e. The topological polar surface area (TPSA) is 0 Å². The molecule has 0 heterocycles. The molecule has 0 aliphatic carbocycles. The Morgan fingerprint density at radius 2 is 1.53 bits per heavy atom. The Bertz CT molecular complexity index is 279. The van der Waals surface area contributed by atoms with E-state index >= 15 is 0 Å². The van der Waals surface area contributed by atoms with E-state index in [1.807, 2.05) is 0 Å². The van der Waals surface area contributed by atoms with Crippen molar-refractivity contribution in [3.63, 3.8) is 0 Å². The molecule has 0 N–H and O–H groups in total. The van der Waals surface area contributed by atoms with Gasteiger partial charge >= 0.3 is 18.9 Å². The van der Waals surface area contributed by atoms with Crippen molar-refractivity contribution in [2.24, 2.45) is 17.8 Å². The van der Waals surface area contributed by atoms with E-state index in [0.717, 1.165) is 11.8 Å². The standard InChI is InChI=1S/C16H25.Li/c1-13(2)10-14(3)11-15(4)12-16-8-6-5-7-9-16;/h5-9,13-15H,1,10-12H2,2-4H3;/q-1;+1/t13-,14+,15+;/m1./s1. The van der Waals surface area contributed by atoms with Crippen LogP contribution < -0.4 is 18.9 Å². The van der Waals surface area contributed by atoms with Crippen molar-refractivity contribution in [2.45, 2.75) is 40.0 Å². The molecule has 0 unspecified atom stereocenters. The Kier molecular flexibility index (Phi) is 8.75. The zero-order valence-corrected chi connectivity index (χ0v) is 11.9. The molecule has 0 saturated carbocycles. The van der Waals surface area contributed by atoms with E-state index in [1.54, 1.807) is 0 Å². The summed E-state index contributed by atoms with van der Waals surface area (Å²) >= 11 is 0. The summed E-state index contributed by atoms with van der Waals surface area (Å²) in [5.74, 6) is 2.15. The largest absolute Gasteiger partial charge is 1.00 e. The fraction of sp³-hybridized carbons (Fsp3) is 0.562. The fourth-order valence-electron chi connectivity index (χ4n) is 2.57. The average Bonchev–Trinajstić information content (AvgIpc) is 2.17. The summed E-state index contributed by atoms with van der Waals surface area (Å²) in [4.78, 5) is 0. The monoisotopic (exact) mass is 224 g/mol. The molecule has 0 bridgehead atoms. The first-order valence-electron chi connectivity index (χ1n) is 6.45. The van der Waals surface area contributed by atoms with E-state index in [1.165, 1.54) is 24.8 Å². The molecule has 0 aromatic heterocycles. The maximum absolute atomic E-state index is 4.07. The van der Waals surface area contributed by atoms with Crippen molar-refractivity contribution in [1.82, 2.24) is 0 Å². The Morgan fingerprint density at radius 3 is 2.06 bits per heavy atom. The molecule has 17 heavy (non-hydrogen) atoms. The first kappa shape index (κ1) is 16.8. The van der Waals surface area contributed by atoms with Crippen molar-refractivity contribution in [1.29, 1.82) is 0 Å². The summed E-state index contributed by atoms with van der Waals surface area (Å²) < 4.78 is 0. The van der Waals surface area contributed by atoms with Crippen LogP contribution in [-0.2, 0) is 6.42 Å². The SMILES string of the molecule is [CH2-][C@H](C)C[C@H](C)C[C@H](C)Cc1ccccc1.[Li+]. The van der Waals surface area contributed by atoms with E-state index in [0.29, 0.717) is 5.92 Å². The van der Waals surface area contributed by atoms with E-state index in [-0.39, 0.29) is 18.9 Å². The van der Waals surface area contributed by atoms with Gasteiger partial charge in [0.2, 0.25) is 0 Å². The minimum Gasteiger partial charge on any atom is -0.341 e. The molecule has 0 radical (unpaired) electrons. The van der Waals surface area contributed by atoms with Gasteiger partial charge in [-0.15, -0.1) is 0 Å². The molecule has 0 nitrogen and oxygen atoms in total. The third-order valence-corrected chi connectivity index (χ3v) is 3.04. The van der Waals surface area contributed by atoms with Crippen LogP contribution in [0.4, 0.5) is 0 Å². The van der Waals surface area contributed by atoms with Gasteiger partial charge in [-0.2, -0.15) is 5.92 Å². The van der Waals surface area contributed by atoms with Gasteiger partial charge in [-0.25, -0.2) is 0 Å². The molecular formula is C16H25Li. The predicted octanol–water partition coefficient (Wildman–Crippen LogP) is 1.76. The second-order valence-electron chi connectivity index (χ2n) is 5.48. The number of rotatable bonds is 6. The van der Waals surface area contributed by atoms with Gasteiger partial charge in [0.05, 0.1) is 0 Å². The van der Waals surface area contributed by atoms with Crippen LogP contribution in [0.1, 0.15) is 39.2 Å². The van der Waals surface area contributed by atoms with Gasteiger partial charge in [-0.1, -0.05) is 57.5 Å². The normalized spacial score (nSPS) is 15.8. The Hall–Kier alpha value is -0.183. The molecule has 1 aromatic rings. The number of benzene rings is 1. The fourth-order valence-corrected chi connectivity index (χ4v) is 2.57. The van der Waals surface area contributed by atoms with Gasteiger partial charge in [0.25, 0.3) is 0 Å². The molecule has 0 amide bonds. The van der Waals surface area contributed by atoms with Crippen LogP contribution in [-0.4, -0.2) is 0 Å². The van der Waals surface area contributed by atoms with E-state index in [4.69, 9.17) is 0 Å². The third kappa shape index (κ3) is 7.69. The van der Waals surface area contributed by atoms with E-state index in [2.05, 4.69) is 58.0 Å². The molecule has 90 valence electrons. The van der Waals surface area contributed by atoms with Crippen molar-refractivity contribution >= 4 is 0 Å². The van der Waals surface area contributed by atoms with Gasteiger partial charge < -0.3 is 6.92 Å². The van der Waals surface area contributed by atoms with Crippen molar-refractivity contribution in [2.75, 3.05) is 0 Å². The summed E-state index contributed by atoms with van der Waals surface area (Å²) in [6.45, 7) is 11.0. The summed E-state index contributed by atoms with van der Waals surface area (Å²) in [7, 11) is 0. The summed E-state index contributed by atoms with van der Waals surface area (Å²) in [6.07, 6.45) is 3.77. The summed E-state index contributed by atoms with van der Waals surface area (Å²) in [6, 6.07) is 10.8. The Balaban J connectivity index is 0.00000256.